The van der Waals surface area contributed by atoms with Crippen molar-refractivity contribution < 1.29 is 4.74 Å². The highest BCUT2D eigenvalue weighted by Crippen LogP contribution is 2.37. The first-order valence-electron chi connectivity index (χ1n) is 6.61. The highest BCUT2D eigenvalue weighted by Gasteiger charge is 2.20. The molecule has 0 amide bonds. The Morgan fingerprint density at radius 1 is 1.00 bits per heavy atom. The van der Waals surface area contributed by atoms with Gasteiger partial charge >= 0.3 is 0 Å². The summed E-state index contributed by atoms with van der Waals surface area (Å²) in [5, 5.41) is 0.519. The molecule has 106 valence electrons. The zero-order chi connectivity index (χ0) is 14.9. The lowest BCUT2D eigenvalue weighted by Gasteiger charge is -2.23. The molecule has 0 aliphatic heterocycles. The first kappa shape index (κ1) is 14.7. The molecule has 2 aromatic carbocycles. The number of nitrogen functional groups attached to an aromatic ring is 1. The topological polar surface area (TPSA) is 35.2 Å². The van der Waals surface area contributed by atoms with Crippen molar-refractivity contribution in [2.24, 2.45) is 0 Å². The summed E-state index contributed by atoms with van der Waals surface area (Å²) in [6, 6.07) is 11.5. The number of ether oxygens (including phenoxy) is 1. The molecule has 0 aliphatic rings. The van der Waals surface area contributed by atoms with Crippen molar-refractivity contribution in [3.8, 4) is 11.5 Å². The molecule has 20 heavy (non-hydrogen) atoms. The number of rotatable bonds is 2. The van der Waals surface area contributed by atoms with Gasteiger partial charge in [0.05, 0.1) is 5.02 Å². The molecule has 0 spiro atoms. The van der Waals surface area contributed by atoms with E-state index in [1.54, 1.807) is 18.2 Å². The summed E-state index contributed by atoms with van der Waals surface area (Å²) >= 11 is 6.17. The van der Waals surface area contributed by atoms with E-state index in [0.717, 1.165) is 11.3 Å². The van der Waals surface area contributed by atoms with E-state index in [4.69, 9.17) is 22.1 Å². The highest BCUT2D eigenvalue weighted by atomic mass is 35.5. The Hall–Kier alpha value is -1.67. The van der Waals surface area contributed by atoms with Crippen molar-refractivity contribution in [1.82, 2.24) is 0 Å². The third-order valence-electron chi connectivity index (χ3n) is 3.12. The van der Waals surface area contributed by atoms with Crippen LogP contribution in [0, 0.1) is 6.92 Å². The maximum Gasteiger partial charge on any atom is 0.146 e. The fourth-order valence-corrected chi connectivity index (χ4v) is 2.26. The van der Waals surface area contributed by atoms with Gasteiger partial charge in [0.25, 0.3) is 0 Å². The van der Waals surface area contributed by atoms with E-state index < -0.39 is 0 Å². The summed E-state index contributed by atoms with van der Waals surface area (Å²) in [4.78, 5) is 0. The Morgan fingerprint density at radius 3 is 2.25 bits per heavy atom. The van der Waals surface area contributed by atoms with Crippen molar-refractivity contribution in [1.29, 1.82) is 0 Å². The molecule has 2 rings (SSSR count). The van der Waals surface area contributed by atoms with Gasteiger partial charge in [-0.05, 0) is 36.6 Å². The Kier molecular flexibility index (Phi) is 3.96. The lowest BCUT2D eigenvalue weighted by atomic mass is 9.85. The van der Waals surface area contributed by atoms with Crippen molar-refractivity contribution in [3.63, 3.8) is 0 Å². The van der Waals surface area contributed by atoms with E-state index in [9.17, 15) is 0 Å². The van der Waals surface area contributed by atoms with Crippen LogP contribution in [0.2, 0.25) is 5.02 Å². The largest absolute Gasteiger partial charge is 0.455 e. The number of nitrogens with two attached hydrogens (primary N) is 1. The maximum absolute atomic E-state index is 6.17. The predicted molar refractivity (Wildman–Crippen MR) is 85.8 cm³/mol. The predicted octanol–water partition coefficient (Wildman–Crippen LogP) is 5.32. The van der Waals surface area contributed by atoms with E-state index in [1.165, 1.54) is 5.56 Å². The van der Waals surface area contributed by atoms with Gasteiger partial charge < -0.3 is 10.5 Å². The van der Waals surface area contributed by atoms with Crippen LogP contribution < -0.4 is 10.5 Å². The number of benzene rings is 2. The summed E-state index contributed by atoms with van der Waals surface area (Å²) in [5.74, 6) is 1.45. The number of hydrogen-bond donors (Lipinski definition) is 1. The summed E-state index contributed by atoms with van der Waals surface area (Å²) < 4.78 is 5.99. The fourth-order valence-electron chi connectivity index (χ4n) is 2.04. The molecule has 0 saturated heterocycles. The molecule has 0 saturated carbocycles. The molecule has 2 aromatic rings. The van der Waals surface area contributed by atoms with Crippen molar-refractivity contribution in [2.45, 2.75) is 33.1 Å². The van der Waals surface area contributed by atoms with Gasteiger partial charge in [-0.25, -0.2) is 0 Å². The molecule has 0 heterocycles. The number of aryl methyl sites for hydroxylation is 1. The van der Waals surface area contributed by atoms with E-state index in [1.807, 2.05) is 12.1 Å². The Morgan fingerprint density at radius 2 is 1.65 bits per heavy atom. The zero-order valence-corrected chi connectivity index (χ0v) is 13.1. The summed E-state index contributed by atoms with van der Waals surface area (Å²) in [6.45, 7) is 8.58. The summed E-state index contributed by atoms with van der Waals surface area (Å²) in [6.07, 6.45) is 0. The third-order valence-corrected chi connectivity index (χ3v) is 3.41. The molecule has 0 aliphatic carbocycles. The maximum atomic E-state index is 6.17. The first-order chi connectivity index (χ1) is 9.27. The van der Waals surface area contributed by atoms with Gasteiger partial charge in [-0.1, -0.05) is 50.1 Å². The van der Waals surface area contributed by atoms with Crippen LogP contribution in [0.4, 0.5) is 5.69 Å². The number of hydrogen-bond acceptors (Lipinski definition) is 2. The van der Waals surface area contributed by atoms with Crippen molar-refractivity contribution in [3.05, 3.63) is 52.5 Å². The third kappa shape index (κ3) is 3.26. The second kappa shape index (κ2) is 5.37. The average Bonchev–Trinajstić information content (AvgIpc) is 2.33. The van der Waals surface area contributed by atoms with E-state index >= 15 is 0 Å². The minimum atomic E-state index is 0.00162. The van der Waals surface area contributed by atoms with Crippen LogP contribution in [-0.4, -0.2) is 0 Å². The lowest BCUT2D eigenvalue weighted by Crippen LogP contribution is -2.12. The van der Waals surface area contributed by atoms with Crippen molar-refractivity contribution >= 4 is 17.3 Å². The van der Waals surface area contributed by atoms with Crippen LogP contribution in [0.15, 0.2) is 36.4 Å². The molecule has 0 fully saturated rings. The van der Waals surface area contributed by atoms with E-state index in [2.05, 4.69) is 33.8 Å². The minimum absolute atomic E-state index is 0.00162. The normalized spacial score (nSPS) is 11.4. The summed E-state index contributed by atoms with van der Waals surface area (Å²) in [7, 11) is 0. The SMILES string of the molecule is Cc1ccc(Oc2ccc(N)cc2Cl)c(C(C)(C)C)c1. The minimum Gasteiger partial charge on any atom is -0.455 e. The Bertz CT molecular complexity index is 629. The quantitative estimate of drug-likeness (QED) is 0.759. The molecule has 2 nitrogen and oxygen atoms in total. The Labute approximate surface area is 125 Å². The zero-order valence-electron chi connectivity index (χ0n) is 12.3. The van der Waals surface area contributed by atoms with Crippen LogP contribution >= 0.6 is 11.6 Å². The monoisotopic (exact) mass is 289 g/mol. The van der Waals surface area contributed by atoms with Gasteiger partial charge in [-0.15, -0.1) is 0 Å². The van der Waals surface area contributed by atoms with Crippen LogP contribution in [0.25, 0.3) is 0 Å². The van der Waals surface area contributed by atoms with Crippen LogP contribution in [0.5, 0.6) is 11.5 Å². The number of halogens is 1. The van der Waals surface area contributed by atoms with E-state index in [0.29, 0.717) is 16.5 Å². The second-order valence-corrected chi connectivity index (χ2v) is 6.45. The standard InChI is InChI=1S/C17H20ClNO/c1-11-5-7-15(13(9-11)17(2,3)4)20-16-8-6-12(19)10-14(16)18/h5-10H,19H2,1-4H3. The lowest BCUT2D eigenvalue weighted by molar-refractivity contribution is 0.455. The molecular formula is C17H20ClNO. The smallest absolute Gasteiger partial charge is 0.146 e. The van der Waals surface area contributed by atoms with Crippen LogP contribution in [-0.2, 0) is 5.41 Å². The molecule has 0 aromatic heterocycles. The van der Waals surface area contributed by atoms with E-state index in [-0.39, 0.29) is 5.41 Å². The van der Waals surface area contributed by atoms with Gasteiger partial charge in [-0.2, -0.15) is 0 Å². The molecule has 3 heteroatoms. The number of anilines is 1. The first-order valence-corrected chi connectivity index (χ1v) is 6.99. The van der Waals surface area contributed by atoms with Gasteiger partial charge in [0.1, 0.15) is 11.5 Å². The average molecular weight is 290 g/mol. The second-order valence-electron chi connectivity index (χ2n) is 6.04. The van der Waals surface area contributed by atoms with Gasteiger partial charge in [0.2, 0.25) is 0 Å². The van der Waals surface area contributed by atoms with Gasteiger partial charge in [-0.3, -0.25) is 0 Å². The van der Waals surface area contributed by atoms with Gasteiger partial charge in [0, 0.05) is 11.3 Å². The van der Waals surface area contributed by atoms with Crippen LogP contribution in [0.3, 0.4) is 0 Å². The van der Waals surface area contributed by atoms with Crippen molar-refractivity contribution in [2.75, 3.05) is 5.73 Å². The molecule has 0 unspecified atom stereocenters. The molecule has 0 radical (unpaired) electrons. The Balaban J connectivity index is 2.43. The van der Waals surface area contributed by atoms with Gasteiger partial charge in [0.15, 0.2) is 0 Å². The molecule has 0 atom stereocenters. The molecule has 0 bridgehead atoms. The van der Waals surface area contributed by atoms with Crippen LogP contribution in [0.1, 0.15) is 31.9 Å². The molecular weight excluding hydrogens is 270 g/mol. The highest BCUT2D eigenvalue weighted by molar-refractivity contribution is 6.32. The molecule has 2 N–H and O–H groups in total. The fraction of sp³-hybridized carbons (Fsp3) is 0.294. The summed E-state index contributed by atoms with van der Waals surface area (Å²) in [5.41, 5.74) is 8.70.